The number of aryl methyl sites for hydroxylation is 1. The summed E-state index contributed by atoms with van der Waals surface area (Å²) in [5, 5.41) is 9.47. The second-order valence-corrected chi connectivity index (χ2v) is 3.48. The van der Waals surface area contributed by atoms with Crippen LogP contribution in [-0.4, -0.2) is 10.1 Å². The van der Waals surface area contributed by atoms with Gasteiger partial charge in [-0.05, 0) is 31.9 Å². The molecule has 0 amide bonds. The second kappa shape index (κ2) is 2.20. The van der Waals surface area contributed by atoms with E-state index in [1.54, 1.807) is 12.1 Å². The highest BCUT2D eigenvalue weighted by Crippen LogP contribution is 2.44. The van der Waals surface area contributed by atoms with Crippen molar-refractivity contribution in [3.05, 3.63) is 23.5 Å². The van der Waals surface area contributed by atoms with Crippen molar-refractivity contribution in [2.75, 3.05) is 0 Å². The minimum Gasteiger partial charge on any atom is -0.506 e. The summed E-state index contributed by atoms with van der Waals surface area (Å²) in [6, 6.07) is 3.44. The molecule has 0 aromatic carbocycles. The summed E-state index contributed by atoms with van der Waals surface area (Å²) in [6.07, 6.45) is 1.86. The Morgan fingerprint density at radius 2 is 2.17 bits per heavy atom. The molecule has 1 saturated carbocycles. The SMILES string of the molecule is Cc1ccc(O)c(C2(N)CC2)n1. The summed E-state index contributed by atoms with van der Waals surface area (Å²) in [4.78, 5) is 4.23. The summed E-state index contributed by atoms with van der Waals surface area (Å²) in [7, 11) is 0. The zero-order valence-electron chi connectivity index (χ0n) is 7.04. The summed E-state index contributed by atoms with van der Waals surface area (Å²) >= 11 is 0. The monoisotopic (exact) mass is 164 g/mol. The largest absolute Gasteiger partial charge is 0.506 e. The third-order valence-electron chi connectivity index (χ3n) is 2.27. The fourth-order valence-corrected chi connectivity index (χ4v) is 1.29. The third kappa shape index (κ3) is 1.06. The van der Waals surface area contributed by atoms with Gasteiger partial charge in [0, 0.05) is 5.69 Å². The maximum atomic E-state index is 9.47. The maximum absolute atomic E-state index is 9.47. The number of hydrogen-bond donors (Lipinski definition) is 2. The van der Waals surface area contributed by atoms with E-state index in [9.17, 15) is 5.11 Å². The Labute approximate surface area is 71.2 Å². The van der Waals surface area contributed by atoms with Crippen LogP contribution < -0.4 is 5.73 Å². The first kappa shape index (κ1) is 7.55. The normalized spacial score (nSPS) is 19.2. The van der Waals surface area contributed by atoms with Crippen LogP contribution in [0.2, 0.25) is 0 Å². The lowest BCUT2D eigenvalue weighted by atomic mass is 10.1. The van der Waals surface area contributed by atoms with E-state index in [0.717, 1.165) is 18.5 Å². The van der Waals surface area contributed by atoms with E-state index in [0.29, 0.717) is 5.69 Å². The summed E-state index contributed by atoms with van der Waals surface area (Å²) in [5.74, 6) is 0.223. The highest BCUT2D eigenvalue weighted by molar-refractivity contribution is 5.36. The zero-order valence-corrected chi connectivity index (χ0v) is 7.04. The summed E-state index contributed by atoms with van der Waals surface area (Å²) in [6.45, 7) is 1.90. The molecule has 0 saturated heterocycles. The molecule has 1 fully saturated rings. The Morgan fingerprint density at radius 1 is 1.50 bits per heavy atom. The van der Waals surface area contributed by atoms with Crippen molar-refractivity contribution in [2.24, 2.45) is 5.73 Å². The van der Waals surface area contributed by atoms with E-state index >= 15 is 0 Å². The standard InChI is InChI=1S/C9H12N2O/c1-6-2-3-7(12)8(11-6)9(10)4-5-9/h2-3,12H,4-5,10H2,1H3. The van der Waals surface area contributed by atoms with E-state index in [1.165, 1.54) is 0 Å². The molecule has 0 spiro atoms. The van der Waals surface area contributed by atoms with Crippen LogP contribution in [0.4, 0.5) is 0 Å². The lowest BCUT2D eigenvalue weighted by Crippen LogP contribution is -2.20. The first-order valence-electron chi connectivity index (χ1n) is 4.08. The molecular formula is C9H12N2O. The van der Waals surface area contributed by atoms with E-state index in [1.807, 2.05) is 6.92 Å². The second-order valence-electron chi connectivity index (χ2n) is 3.48. The van der Waals surface area contributed by atoms with Crippen molar-refractivity contribution in [3.8, 4) is 5.75 Å². The van der Waals surface area contributed by atoms with E-state index < -0.39 is 0 Å². The summed E-state index contributed by atoms with van der Waals surface area (Å²) in [5.41, 5.74) is 7.14. The van der Waals surface area contributed by atoms with Crippen molar-refractivity contribution in [1.82, 2.24) is 4.98 Å². The van der Waals surface area contributed by atoms with E-state index in [4.69, 9.17) is 5.73 Å². The molecule has 1 aromatic heterocycles. The Bertz CT molecular complexity index is 318. The Hall–Kier alpha value is -1.09. The van der Waals surface area contributed by atoms with Crippen LogP contribution in [-0.2, 0) is 5.54 Å². The molecule has 1 heterocycles. The number of nitrogens with two attached hydrogens (primary N) is 1. The van der Waals surface area contributed by atoms with Crippen molar-refractivity contribution in [3.63, 3.8) is 0 Å². The highest BCUT2D eigenvalue weighted by Gasteiger charge is 2.43. The quantitative estimate of drug-likeness (QED) is 0.652. The molecule has 1 aromatic rings. The molecule has 0 atom stereocenters. The van der Waals surface area contributed by atoms with Gasteiger partial charge in [-0.1, -0.05) is 0 Å². The number of nitrogens with zero attached hydrogens (tertiary/aromatic N) is 1. The molecule has 0 radical (unpaired) electrons. The van der Waals surface area contributed by atoms with Gasteiger partial charge in [0.15, 0.2) is 0 Å². The number of hydrogen-bond acceptors (Lipinski definition) is 3. The highest BCUT2D eigenvalue weighted by atomic mass is 16.3. The molecule has 2 rings (SSSR count). The Kier molecular flexibility index (Phi) is 1.38. The average molecular weight is 164 g/mol. The van der Waals surface area contributed by atoms with Gasteiger partial charge in [-0.25, -0.2) is 0 Å². The van der Waals surface area contributed by atoms with Crippen LogP contribution >= 0.6 is 0 Å². The fraction of sp³-hybridized carbons (Fsp3) is 0.444. The smallest absolute Gasteiger partial charge is 0.139 e. The number of aromatic hydroxyl groups is 1. The van der Waals surface area contributed by atoms with Crippen LogP contribution in [0.15, 0.2) is 12.1 Å². The number of aromatic nitrogens is 1. The minimum atomic E-state index is -0.337. The average Bonchev–Trinajstić information content (AvgIpc) is 2.75. The topological polar surface area (TPSA) is 59.1 Å². The molecule has 0 bridgehead atoms. The van der Waals surface area contributed by atoms with Gasteiger partial charge in [0.05, 0.1) is 5.54 Å². The molecule has 3 N–H and O–H groups in total. The van der Waals surface area contributed by atoms with Crippen LogP contribution in [0, 0.1) is 6.92 Å². The Balaban J connectivity index is 2.48. The number of pyridine rings is 1. The lowest BCUT2D eigenvalue weighted by Gasteiger charge is -2.10. The lowest BCUT2D eigenvalue weighted by molar-refractivity contribution is 0.453. The van der Waals surface area contributed by atoms with Gasteiger partial charge in [0.1, 0.15) is 11.4 Å². The van der Waals surface area contributed by atoms with Gasteiger partial charge in [-0.3, -0.25) is 4.98 Å². The first-order chi connectivity index (χ1) is 5.62. The van der Waals surface area contributed by atoms with E-state index in [2.05, 4.69) is 4.98 Å². The van der Waals surface area contributed by atoms with Gasteiger partial charge < -0.3 is 10.8 Å². The minimum absolute atomic E-state index is 0.223. The molecular weight excluding hydrogens is 152 g/mol. The Morgan fingerprint density at radius 3 is 2.75 bits per heavy atom. The molecule has 1 aliphatic carbocycles. The van der Waals surface area contributed by atoms with E-state index in [-0.39, 0.29) is 11.3 Å². The zero-order chi connectivity index (χ0) is 8.77. The maximum Gasteiger partial charge on any atom is 0.139 e. The van der Waals surface area contributed by atoms with Crippen molar-refractivity contribution in [1.29, 1.82) is 0 Å². The van der Waals surface area contributed by atoms with Crippen molar-refractivity contribution in [2.45, 2.75) is 25.3 Å². The van der Waals surface area contributed by atoms with Crippen LogP contribution in [0.1, 0.15) is 24.2 Å². The number of rotatable bonds is 1. The molecule has 12 heavy (non-hydrogen) atoms. The van der Waals surface area contributed by atoms with Gasteiger partial charge in [-0.2, -0.15) is 0 Å². The third-order valence-corrected chi connectivity index (χ3v) is 2.27. The van der Waals surface area contributed by atoms with Crippen molar-refractivity contribution >= 4 is 0 Å². The van der Waals surface area contributed by atoms with Crippen LogP contribution in [0.25, 0.3) is 0 Å². The molecule has 3 heteroatoms. The molecule has 64 valence electrons. The van der Waals surface area contributed by atoms with Crippen molar-refractivity contribution < 1.29 is 5.11 Å². The molecule has 1 aliphatic rings. The van der Waals surface area contributed by atoms with Crippen LogP contribution in [0.3, 0.4) is 0 Å². The van der Waals surface area contributed by atoms with Gasteiger partial charge in [-0.15, -0.1) is 0 Å². The predicted molar refractivity (Wildman–Crippen MR) is 45.7 cm³/mol. The van der Waals surface area contributed by atoms with Gasteiger partial charge in [0.25, 0.3) is 0 Å². The van der Waals surface area contributed by atoms with Gasteiger partial charge in [0.2, 0.25) is 0 Å². The van der Waals surface area contributed by atoms with Crippen LogP contribution in [0.5, 0.6) is 5.75 Å². The first-order valence-corrected chi connectivity index (χ1v) is 4.08. The van der Waals surface area contributed by atoms with Gasteiger partial charge >= 0.3 is 0 Å². The predicted octanol–water partition coefficient (Wildman–Crippen LogP) is 1.04. The molecule has 0 aliphatic heterocycles. The molecule has 0 unspecified atom stereocenters. The fourth-order valence-electron chi connectivity index (χ4n) is 1.29. The summed E-state index contributed by atoms with van der Waals surface area (Å²) < 4.78 is 0. The molecule has 3 nitrogen and oxygen atoms in total.